The first-order chi connectivity index (χ1) is 8.18. The van der Waals surface area contributed by atoms with Crippen LogP contribution in [0.25, 0.3) is 0 Å². The Bertz CT molecular complexity index is 355. The maximum atomic E-state index is 10.5. The predicted octanol–water partition coefficient (Wildman–Crippen LogP) is 2.77. The Balaban J connectivity index is 2.21. The van der Waals surface area contributed by atoms with E-state index >= 15 is 0 Å². The second kappa shape index (κ2) is 5.15. The summed E-state index contributed by atoms with van der Waals surface area (Å²) in [7, 11) is 0. The van der Waals surface area contributed by atoms with E-state index in [1.54, 1.807) is 6.20 Å². The summed E-state index contributed by atoms with van der Waals surface area (Å²) in [5.74, 6) is 0. The Hall–Kier alpha value is -0.930. The third kappa shape index (κ3) is 2.50. The molecule has 2 rings (SSSR count). The van der Waals surface area contributed by atoms with Crippen LogP contribution >= 0.6 is 0 Å². The molecule has 1 aliphatic rings. The van der Waals surface area contributed by atoms with E-state index in [2.05, 4.69) is 4.98 Å². The molecule has 0 bridgehead atoms. The van der Waals surface area contributed by atoms with Gasteiger partial charge < -0.3 is 9.84 Å². The largest absolute Gasteiger partial charge is 0.385 e. The van der Waals surface area contributed by atoms with E-state index in [1.165, 1.54) is 0 Å². The second-order valence-corrected chi connectivity index (χ2v) is 4.84. The van der Waals surface area contributed by atoms with Crippen molar-refractivity contribution in [2.45, 2.75) is 51.2 Å². The minimum Gasteiger partial charge on any atom is -0.385 e. The lowest BCUT2D eigenvalue weighted by molar-refractivity contribution is -0.118. The van der Waals surface area contributed by atoms with Crippen LogP contribution in [0.5, 0.6) is 0 Å². The van der Waals surface area contributed by atoms with E-state index in [0.717, 1.165) is 36.9 Å². The van der Waals surface area contributed by atoms with Crippen LogP contribution in [-0.4, -0.2) is 22.3 Å². The highest BCUT2D eigenvalue weighted by atomic mass is 16.5. The van der Waals surface area contributed by atoms with Crippen molar-refractivity contribution in [2.24, 2.45) is 0 Å². The summed E-state index contributed by atoms with van der Waals surface area (Å²) < 4.78 is 5.86. The molecule has 0 aliphatic heterocycles. The van der Waals surface area contributed by atoms with Crippen molar-refractivity contribution in [1.29, 1.82) is 0 Å². The van der Waals surface area contributed by atoms with Crippen LogP contribution < -0.4 is 0 Å². The fraction of sp³-hybridized carbons (Fsp3) is 0.643. The molecule has 0 amide bonds. The molecule has 3 nitrogen and oxygen atoms in total. The SMILES string of the molecule is CCOC1(C(O)c2ccc(C)nc2)CCCC1. The highest BCUT2D eigenvalue weighted by Crippen LogP contribution is 2.42. The quantitative estimate of drug-likeness (QED) is 0.872. The normalized spacial score (nSPS) is 20.4. The Morgan fingerprint density at radius 2 is 2.12 bits per heavy atom. The molecule has 1 atom stereocenters. The molecule has 0 radical (unpaired) electrons. The first kappa shape index (κ1) is 12.5. The van der Waals surface area contributed by atoms with Gasteiger partial charge in [0.25, 0.3) is 0 Å². The Kier molecular flexibility index (Phi) is 3.79. The van der Waals surface area contributed by atoms with E-state index < -0.39 is 6.10 Å². The molecule has 1 heterocycles. The summed E-state index contributed by atoms with van der Waals surface area (Å²) in [5, 5.41) is 10.5. The van der Waals surface area contributed by atoms with Crippen LogP contribution in [0.2, 0.25) is 0 Å². The van der Waals surface area contributed by atoms with E-state index in [0.29, 0.717) is 6.61 Å². The van der Waals surface area contributed by atoms with Gasteiger partial charge in [0.1, 0.15) is 6.10 Å². The molecule has 1 aromatic rings. The lowest BCUT2D eigenvalue weighted by atomic mass is 9.90. The number of aliphatic hydroxyl groups is 1. The summed E-state index contributed by atoms with van der Waals surface area (Å²) in [6, 6.07) is 3.89. The predicted molar refractivity (Wildman–Crippen MR) is 66.8 cm³/mol. The molecule has 3 heteroatoms. The number of aromatic nitrogens is 1. The molecular formula is C14H21NO2. The van der Waals surface area contributed by atoms with Gasteiger partial charge in [0.05, 0.1) is 5.60 Å². The molecule has 1 fully saturated rings. The molecule has 0 spiro atoms. The summed E-state index contributed by atoms with van der Waals surface area (Å²) in [4.78, 5) is 4.25. The van der Waals surface area contributed by atoms with Gasteiger partial charge in [0.15, 0.2) is 0 Å². The Labute approximate surface area is 103 Å². The minimum atomic E-state index is -0.557. The van der Waals surface area contributed by atoms with Crippen molar-refractivity contribution < 1.29 is 9.84 Å². The van der Waals surface area contributed by atoms with Gasteiger partial charge in [-0.2, -0.15) is 0 Å². The number of pyridine rings is 1. The number of aliphatic hydroxyl groups excluding tert-OH is 1. The van der Waals surface area contributed by atoms with E-state index in [4.69, 9.17) is 4.74 Å². The standard InChI is InChI=1S/C14H21NO2/c1-3-17-14(8-4-5-9-14)13(16)12-7-6-11(2)15-10-12/h6-7,10,13,16H,3-5,8-9H2,1-2H3. The fourth-order valence-corrected chi connectivity index (χ4v) is 2.70. The van der Waals surface area contributed by atoms with Gasteiger partial charge in [-0.25, -0.2) is 0 Å². The van der Waals surface area contributed by atoms with Crippen molar-refractivity contribution in [2.75, 3.05) is 6.61 Å². The number of aryl methyl sites for hydroxylation is 1. The molecule has 94 valence electrons. The molecule has 1 aromatic heterocycles. The van der Waals surface area contributed by atoms with Gasteiger partial charge in [0, 0.05) is 24.1 Å². The molecule has 1 unspecified atom stereocenters. The third-order valence-corrected chi connectivity index (χ3v) is 3.63. The molecule has 0 aromatic carbocycles. The third-order valence-electron chi connectivity index (χ3n) is 3.63. The summed E-state index contributed by atoms with van der Waals surface area (Å²) in [5.41, 5.74) is 1.45. The lowest BCUT2D eigenvalue weighted by Crippen LogP contribution is -2.36. The minimum absolute atomic E-state index is 0.383. The van der Waals surface area contributed by atoms with Gasteiger partial charge in [-0.1, -0.05) is 18.9 Å². The molecule has 17 heavy (non-hydrogen) atoms. The molecule has 1 saturated carbocycles. The van der Waals surface area contributed by atoms with Crippen molar-refractivity contribution >= 4 is 0 Å². The lowest BCUT2D eigenvalue weighted by Gasteiger charge is -2.34. The van der Waals surface area contributed by atoms with Gasteiger partial charge in [-0.3, -0.25) is 4.98 Å². The topological polar surface area (TPSA) is 42.4 Å². The zero-order chi connectivity index (χ0) is 12.3. The number of rotatable bonds is 4. The second-order valence-electron chi connectivity index (χ2n) is 4.84. The maximum absolute atomic E-state index is 10.5. The van der Waals surface area contributed by atoms with Crippen molar-refractivity contribution in [1.82, 2.24) is 4.98 Å². The number of ether oxygens (including phenoxy) is 1. The van der Waals surface area contributed by atoms with Gasteiger partial charge >= 0.3 is 0 Å². The van der Waals surface area contributed by atoms with E-state index in [1.807, 2.05) is 26.0 Å². The van der Waals surface area contributed by atoms with Crippen LogP contribution in [0.15, 0.2) is 18.3 Å². The van der Waals surface area contributed by atoms with Crippen LogP contribution in [0.1, 0.15) is 50.0 Å². The summed E-state index contributed by atoms with van der Waals surface area (Å²) in [6.07, 6.45) is 5.36. The van der Waals surface area contributed by atoms with Gasteiger partial charge in [-0.05, 0) is 32.8 Å². The summed E-state index contributed by atoms with van der Waals surface area (Å²) >= 11 is 0. The van der Waals surface area contributed by atoms with Crippen LogP contribution in [0.3, 0.4) is 0 Å². The van der Waals surface area contributed by atoms with Crippen LogP contribution in [-0.2, 0) is 4.74 Å². The van der Waals surface area contributed by atoms with Crippen molar-refractivity contribution in [3.05, 3.63) is 29.6 Å². The average Bonchev–Trinajstić information content (AvgIpc) is 2.79. The first-order valence-electron chi connectivity index (χ1n) is 6.42. The Morgan fingerprint density at radius 3 is 2.65 bits per heavy atom. The summed E-state index contributed by atoms with van der Waals surface area (Å²) in [6.45, 7) is 4.58. The molecule has 1 N–H and O–H groups in total. The maximum Gasteiger partial charge on any atom is 0.109 e. The van der Waals surface area contributed by atoms with Gasteiger partial charge in [0.2, 0.25) is 0 Å². The highest BCUT2D eigenvalue weighted by molar-refractivity contribution is 5.19. The van der Waals surface area contributed by atoms with Crippen molar-refractivity contribution in [3.63, 3.8) is 0 Å². The fourth-order valence-electron chi connectivity index (χ4n) is 2.70. The Morgan fingerprint density at radius 1 is 1.41 bits per heavy atom. The molecule has 1 aliphatic carbocycles. The highest BCUT2D eigenvalue weighted by Gasteiger charge is 2.42. The van der Waals surface area contributed by atoms with Crippen molar-refractivity contribution in [3.8, 4) is 0 Å². The van der Waals surface area contributed by atoms with Crippen LogP contribution in [0.4, 0.5) is 0 Å². The smallest absolute Gasteiger partial charge is 0.109 e. The number of nitrogens with zero attached hydrogens (tertiary/aromatic N) is 1. The zero-order valence-electron chi connectivity index (χ0n) is 10.6. The zero-order valence-corrected chi connectivity index (χ0v) is 10.6. The molecular weight excluding hydrogens is 214 g/mol. The number of hydrogen-bond acceptors (Lipinski definition) is 3. The van der Waals surface area contributed by atoms with E-state index in [9.17, 15) is 5.11 Å². The first-order valence-corrected chi connectivity index (χ1v) is 6.42. The molecule has 0 saturated heterocycles. The number of hydrogen-bond donors (Lipinski definition) is 1. The van der Waals surface area contributed by atoms with Crippen LogP contribution in [0, 0.1) is 6.92 Å². The van der Waals surface area contributed by atoms with E-state index in [-0.39, 0.29) is 5.60 Å². The van der Waals surface area contributed by atoms with Gasteiger partial charge in [-0.15, -0.1) is 0 Å². The average molecular weight is 235 g/mol. The monoisotopic (exact) mass is 235 g/mol.